The first-order valence-electron chi connectivity index (χ1n) is 5.65. The summed E-state index contributed by atoms with van der Waals surface area (Å²) in [4.78, 5) is 0. The molecule has 2 aromatic rings. The number of hydrogen-bond donors (Lipinski definition) is 1. The first kappa shape index (κ1) is 14.3. The summed E-state index contributed by atoms with van der Waals surface area (Å²) in [6.45, 7) is 0.512. The third-order valence-electron chi connectivity index (χ3n) is 2.62. The Bertz CT molecular complexity index is 592. The summed E-state index contributed by atoms with van der Waals surface area (Å²) < 4.78 is 19.7. The van der Waals surface area contributed by atoms with Gasteiger partial charge in [0.05, 0.1) is 4.47 Å². The quantitative estimate of drug-likeness (QED) is 0.898. The lowest BCUT2D eigenvalue weighted by atomic mass is 10.1. The molecule has 0 aliphatic rings. The van der Waals surface area contributed by atoms with Crippen LogP contribution in [0.5, 0.6) is 5.75 Å². The Morgan fingerprint density at radius 1 is 1.21 bits per heavy atom. The third-order valence-corrected chi connectivity index (χ3v) is 3.47. The molecule has 2 aromatic carbocycles. The van der Waals surface area contributed by atoms with Gasteiger partial charge in [0.2, 0.25) is 0 Å². The molecule has 0 spiro atoms. The Hall–Kier alpha value is -1.10. The fourth-order valence-electron chi connectivity index (χ4n) is 1.63. The summed E-state index contributed by atoms with van der Waals surface area (Å²) in [6, 6.07) is 10.1. The zero-order chi connectivity index (χ0) is 13.8. The van der Waals surface area contributed by atoms with Gasteiger partial charge in [0.1, 0.15) is 18.2 Å². The third kappa shape index (κ3) is 3.69. The van der Waals surface area contributed by atoms with Crippen molar-refractivity contribution in [3.8, 4) is 5.75 Å². The second-order valence-corrected chi connectivity index (χ2v) is 5.28. The predicted octanol–water partition coefficient (Wildman–Crippen LogP) is 4.28. The van der Waals surface area contributed by atoms with Gasteiger partial charge < -0.3 is 10.5 Å². The standard InChI is InChI=1S/C14H12BrClFNO/c15-12-6-11(16)2-4-14(12)19-8-9-1-3-13(17)10(5-9)7-18/h1-6H,7-8,18H2. The summed E-state index contributed by atoms with van der Waals surface area (Å²) in [5, 5.41) is 0.631. The number of nitrogens with two attached hydrogens (primary N) is 1. The van der Waals surface area contributed by atoms with Crippen LogP contribution in [-0.4, -0.2) is 0 Å². The molecule has 0 bridgehead atoms. The van der Waals surface area contributed by atoms with Gasteiger partial charge in [-0.1, -0.05) is 17.7 Å². The highest BCUT2D eigenvalue weighted by Crippen LogP contribution is 2.28. The summed E-state index contributed by atoms with van der Waals surface area (Å²) >= 11 is 9.22. The van der Waals surface area contributed by atoms with Gasteiger partial charge in [-0.3, -0.25) is 0 Å². The summed E-state index contributed by atoms with van der Waals surface area (Å²) in [5.41, 5.74) is 6.81. The van der Waals surface area contributed by atoms with Gasteiger partial charge >= 0.3 is 0 Å². The summed E-state index contributed by atoms with van der Waals surface area (Å²) in [5.74, 6) is 0.391. The molecule has 0 aliphatic heterocycles. The minimum Gasteiger partial charge on any atom is -0.488 e. The van der Waals surface area contributed by atoms with Crippen molar-refractivity contribution in [2.45, 2.75) is 13.2 Å². The van der Waals surface area contributed by atoms with Gasteiger partial charge in [-0.2, -0.15) is 0 Å². The molecule has 0 saturated carbocycles. The lowest BCUT2D eigenvalue weighted by molar-refractivity contribution is 0.304. The van der Waals surface area contributed by atoms with Crippen molar-refractivity contribution in [3.63, 3.8) is 0 Å². The van der Waals surface area contributed by atoms with Crippen molar-refractivity contribution in [3.05, 3.63) is 62.8 Å². The van der Waals surface area contributed by atoms with Crippen molar-refractivity contribution in [1.29, 1.82) is 0 Å². The molecule has 0 aromatic heterocycles. The molecule has 0 heterocycles. The lowest BCUT2D eigenvalue weighted by Gasteiger charge is -2.09. The van der Waals surface area contributed by atoms with Crippen molar-refractivity contribution < 1.29 is 9.13 Å². The van der Waals surface area contributed by atoms with E-state index in [-0.39, 0.29) is 12.4 Å². The van der Waals surface area contributed by atoms with Crippen LogP contribution in [0.3, 0.4) is 0 Å². The van der Waals surface area contributed by atoms with E-state index >= 15 is 0 Å². The zero-order valence-electron chi connectivity index (χ0n) is 10.00. The fraction of sp³-hybridized carbons (Fsp3) is 0.143. The van der Waals surface area contributed by atoms with E-state index < -0.39 is 0 Å². The monoisotopic (exact) mass is 343 g/mol. The Labute approximate surface area is 124 Å². The maximum Gasteiger partial charge on any atom is 0.134 e. The van der Waals surface area contributed by atoms with E-state index in [2.05, 4.69) is 15.9 Å². The SMILES string of the molecule is NCc1cc(COc2ccc(Cl)cc2Br)ccc1F. The number of rotatable bonds is 4. The Kier molecular flexibility index (Phi) is 4.80. The normalized spacial score (nSPS) is 10.5. The van der Waals surface area contributed by atoms with Crippen LogP contribution < -0.4 is 10.5 Å². The molecule has 5 heteroatoms. The number of hydrogen-bond acceptors (Lipinski definition) is 2. The minimum absolute atomic E-state index is 0.171. The molecule has 100 valence electrons. The van der Waals surface area contributed by atoms with Gasteiger partial charge in [-0.05, 0) is 51.8 Å². The van der Waals surface area contributed by atoms with Crippen LogP contribution in [0.15, 0.2) is 40.9 Å². The number of halogens is 3. The topological polar surface area (TPSA) is 35.2 Å². The molecule has 0 unspecified atom stereocenters. The zero-order valence-corrected chi connectivity index (χ0v) is 12.3. The molecule has 0 amide bonds. The highest BCUT2D eigenvalue weighted by molar-refractivity contribution is 9.10. The van der Waals surface area contributed by atoms with Crippen LogP contribution in [0.2, 0.25) is 5.02 Å². The van der Waals surface area contributed by atoms with Crippen LogP contribution in [0.25, 0.3) is 0 Å². The van der Waals surface area contributed by atoms with E-state index in [9.17, 15) is 4.39 Å². The lowest BCUT2D eigenvalue weighted by Crippen LogP contribution is -2.03. The summed E-state index contributed by atoms with van der Waals surface area (Å²) in [7, 11) is 0. The molecule has 2 rings (SSSR count). The first-order chi connectivity index (χ1) is 9.10. The highest BCUT2D eigenvalue weighted by atomic mass is 79.9. The first-order valence-corrected chi connectivity index (χ1v) is 6.82. The second kappa shape index (κ2) is 6.37. The van der Waals surface area contributed by atoms with Crippen LogP contribution in [0.1, 0.15) is 11.1 Å². The van der Waals surface area contributed by atoms with Gasteiger partial charge in [-0.15, -0.1) is 0 Å². The minimum atomic E-state index is -0.293. The van der Waals surface area contributed by atoms with E-state index in [0.29, 0.717) is 22.9 Å². The summed E-state index contributed by atoms with van der Waals surface area (Å²) in [6.07, 6.45) is 0. The molecular formula is C14H12BrClFNO. The van der Waals surface area contributed by atoms with E-state index in [0.717, 1.165) is 10.0 Å². The molecule has 19 heavy (non-hydrogen) atoms. The van der Waals surface area contributed by atoms with E-state index in [1.165, 1.54) is 6.07 Å². The molecule has 0 atom stereocenters. The van der Waals surface area contributed by atoms with Gasteiger partial charge in [0.15, 0.2) is 0 Å². The van der Waals surface area contributed by atoms with Gasteiger partial charge in [0.25, 0.3) is 0 Å². The Morgan fingerprint density at radius 2 is 2.00 bits per heavy atom. The molecule has 0 radical (unpaired) electrons. The largest absolute Gasteiger partial charge is 0.488 e. The molecule has 2 N–H and O–H groups in total. The van der Waals surface area contributed by atoms with Crippen LogP contribution in [0, 0.1) is 5.82 Å². The van der Waals surface area contributed by atoms with Crippen molar-refractivity contribution in [1.82, 2.24) is 0 Å². The van der Waals surface area contributed by atoms with Gasteiger partial charge in [0, 0.05) is 17.1 Å². The van der Waals surface area contributed by atoms with E-state index in [1.807, 2.05) is 0 Å². The van der Waals surface area contributed by atoms with Crippen molar-refractivity contribution in [2.75, 3.05) is 0 Å². The second-order valence-electron chi connectivity index (χ2n) is 3.99. The maximum absolute atomic E-state index is 13.3. The number of ether oxygens (including phenoxy) is 1. The highest BCUT2D eigenvalue weighted by Gasteiger charge is 2.05. The smallest absolute Gasteiger partial charge is 0.134 e. The Balaban J connectivity index is 2.10. The van der Waals surface area contributed by atoms with Crippen molar-refractivity contribution in [2.24, 2.45) is 5.73 Å². The van der Waals surface area contributed by atoms with Crippen LogP contribution in [0.4, 0.5) is 4.39 Å². The molecule has 0 saturated heterocycles. The molecule has 0 aliphatic carbocycles. The van der Waals surface area contributed by atoms with E-state index in [1.54, 1.807) is 30.3 Å². The average molecular weight is 345 g/mol. The average Bonchev–Trinajstić information content (AvgIpc) is 2.39. The maximum atomic E-state index is 13.3. The van der Waals surface area contributed by atoms with Crippen LogP contribution >= 0.6 is 27.5 Å². The fourth-order valence-corrected chi connectivity index (χ4v) is 2.42. The molecule has 0 fully saturated rings. The molecule has 2 nitrogen and oxygen atoms in total. The van der Waals surface area contributed by atoms with E-state index in [4.69, 9.17) is 22.1 Å². The van der Waals surface area contributed by atoms with Crippen molar-refractivity contribution >= 4 is 27.5 Å². The molecular weight excluding hydrogens is 333 g/mol. The van der Waals surface area contributed by atoms with Crippen LogP contribution in [-0.2, 0) is 13.2 Å². The van der Waals surface area contributed by atoms with Gasteiger partial charge in [-0.25, -0.2) is 4.39 Å². The predicted molar refractivity (Wildman–Crippen MR) is 77.8 cm³/mol. The number of benzene rings is 2. The Morgan fingerprint density at radius 3 is 2.68 bits per heavy atom.